The molecule has 0 atom stereocenters. The van der Waals surface area contributed by atoms with Gasteiger partial charge in [-0.15, -0.1) is 0 Å². The van der Waals surface area contributed by atoms with Gasteiger partial charge in [-0.1, -0.05) is 132 Å². The Balaban J connectivity index is 1.26. The number of nitrogens with zero attached hydrogens (tertiary/aromatic N) is 2. The number of benzene rings is 6. The Morgan fingerprint density at radius 1 is 0.446 bits per heavy atom. The molecule has 2 nitrogen and oxygen atoms in total. The highest BCUT2D eigenvalue weighted by Gasteiger charge is 2.48. The smallest absolute Gasteiger partial charge is 0.333 e. The van der Waals surface area contributed by atoms with Gasteiger partial charge in [-0.05, 0) is 199 Å². The summed E-state index contributed by atoms with van der Waals surface area (Å²) in [6.07, 6.45) is 7.17. The van der Waals surface area contributed by atoms with Crippen LogP contribution in [-0.2, 0) is 32.5 Å². The zero-order chi connectivity index (χ0) is 45.7. The summed E-state index contributed by atoms with van der Waals surface area (Å²) in [5.74, 6) is 0. The lowest BCUT2D eigenvalue weighted by Gasteiger charge is -2.47. The summed E-state index contributed by atoms with van der Waals surface area (Å²) in [6, 6.07) is 37.5. The molecule has 5 aliphatic rings. The van der Waals surface area contributed by atoms with Gasteiger partial charge in [0.2, 0.25) is 0 Å². The summed E-state index contributed by atoms with van der Waals surface area (Å²) in [7, 11) is 0. The molecule has 0 saturated carbocycles. The molecular weight excluding hydrogens is 784 g/mol. The van der Waals surface area contributed by atoms with Crippen molar-refractivity contribution in [2.24, 2.45) is 0 Å². The van der Waals surface area contributed by atoms with Crippen molar-refractivity contribution in [2.45, 2.75) is 168 Å². The predicted molar refractivity (Wildman–Crippen MR) is 281 cm³/mol. The van der Waals surface area contributed by atoms with Crippen LogP contribution in [0.4, 0.5) is 17.1 Å². The Kier molecular flexibility index (Phi) is 8.22. The molecular formula is C62H69BN2. The van der Waals surface area contributed by atoms with E-state index in [1.165, 1.54) is 155 Å². The van der Waals surface area contributed by atoms with E-state index < -0.39 is 0 Å². The summed E-state index contributed by atoms with van der Waals surface area (Å²) in [4.78, 5) is 2.74. The second-order valence-electron chi connectivity index (χ2n) is 25.4. The number of aryl methyl sites for hydroxylation is 2. The largest absolute Gasteiger partial charge is 0.375 e. The van der Waals surface area contributed by atoms with Crippen molar-refractivity contribution in [1.29, 1.82) is 0 Å². The Morgan fingerprint density at radius 3 is 1.58 bits per heavy atom. The molecule has 0 radical (unpaired) electrons. The molecule has 0 unspecified atom stereocenters. The van der Waals surface area contributed by atoms with E-state index in [0.29, 0.717) is 0 Å². The lowest BCUT2D eigenvalue weighted by Crippen LogP contribution is -2.57. The van der Waals surface area contributed by atoms with Gasteiger partial charge in [-0.3, -0.25) is 0 Å². The molecule has 330 valence electrons. The Labute approximate surface area is 390 Å². The molecule has 0 amide bonds. The molecule has 0 spiro atoms. The molecule has 65 heavy (non-hydrogen) atoms. The van der Waals surface area contributed by atoms with E-state index in [-0.39, 0.29) is 39.3 Å². The first-order valence-corrected chi connectivity index (χ1v) is 25.0. The normalized spacial score (nSPS) is 20.8. The first-order chi connectivity index (χ1) is 30.5. The van der Waals surface area contributed by atoms with E-state index >= 15 is 0 Å². The van der Waals surface area contributed by atoms with Crippen LogP contribution in [-0.4, -0.2) is 11.3 Å². The minimum atomic E-state index is 0.00469. The third kappa shape index (κ3) is 5.60. The highest BCUT2D eigenvalue weighted by Crippen LogP contribution is 2.55. The van der Waals surface area contributed by atoms with Gasteiger partial charge in [0.15, 0.2) is 0 Å². The number of para-hydroxylation sites is 1. The molecule has 3 heteroatoms. The molecule has 3 heterocycles. The van der Waals surface area contributed by atoms with Gasteiger partial charge in [0.1, 0.15) is 0 Å². The maximum Gasteiger partial charge on any atom is 0.333 e. The second kappa shape index (κ2) is 12.9. The van der Waals surface area contributed by atoms with Gasteiger partial charge in [-0.2, -0.15) is 0 Å². The molecule has 1 aromatic heterocycles. The maximum atomic E-state index is 2.84. The number of fused-ring (bicyclic) bond motifs is 10. The molecule has 0 saturated heterocycles. The SMILES string of the molecule is Cc1cccc(C)c1-c1cc2c3c(c1)N(c1ccc4c(c1)C(C)(C)CCC4(C)C)c1cc4c(cc1B3n1c3cc5c(cc3c3cccc-2c31)C(C)(C)CCC5(C)C)C(C)(C)CCC4(C)C. The summed E-state index contributed by atoms with van der Waals surface area (Å²) >= 11 is 0. The molecule has 3 aliphatic carbocycles. The van der Waals surface area contributed by atoms with Gasteiger partial charge in [-0.25, -0.2) is 0 Å². The Morgan fingerprint density at radius 2 is 0.969 bits per heavy atom. The zero-order valence-electron chi connectivity index (χ0n) is 41.9. The van der Waals surface area contributed by atoms with E-state index in [0.717, 1.165) is 0 Å². The topological polar surface area (TPSA) is 8.17 Å². The lowest BCUT2D eigenvalue weighted by atomic mass is 9.44. The quantitative estimate of drug-likeness (QED) is 0.157. The van der Waals surface area contributed by atoms with E-state index in [1.54, 1.807) is 0 Å². The standard InChI is InChI=1S/C62H69BN2/c1-36-17-15-18-37(2)54(36)38-29-43-41-20-16-19-40-42-32-46-48(61(11,12)27-25-59(46,7)8)34-51(42)65(56(40)41)63-50-33-47-49(62(13,14)28-26-60(47,9)10)35-52(50)64(53(30-38)55(43)63)39-21-22-44-45(31-39)58(5,6)24-23-57(44,3)4/h15-22,29-35H,23-28H2,1-14H3. The third-order valence-electron chi connectivity index (χ3n) is 18.4. The van der Waals surface area contributed by atoms with Crippen LogP contribution in [0, 0.1) is 13.8 Å². The van der Waals surface area contributed by atoms with Crippen LogP contribution in [0.5, 0.6) is 0 Å². The predicted octanol–water partition coefficient (Wildman–Crippen LogP) is 15.5. The molecule has 2 aliphatic heterocycles. The van der Waals surface area contributed by atoms with Gasteiger partial charge in [0, 0.05) is 44.4 Å². The van der Waals surface area contributed by atoms with Crippen LogP contribution in [0.25, 0.3) is 44.1 Å². The Bertz CT molecular complexity index is 3230. The fraction of sp³-hybridized carbons (Fsp3) is 0.419. The summed E-state index contributed by atoms with van der Waals surface area (Å²) in [5, 5.41) is 2.78. The van der Waals surface area contributed by atoms with E-state index in [2.05, 4.69) is 197 Å². The molecule has 0 N–H and O–H groups in total. The number of aromatic nitrogens is 1. The van der Waals surface area contributed by atoms with Crippen molar-refractivity contribution in [2.75, 3.05) is 4.90 Å². The molecule has 6 aromatic carbocycles. The number of hydrogen-bond donors (Lipinski definition) is 0. The van der Waals surface area contributed by atoms with Gasteiger partial charge >= 0.3 is 6.85 Å². The van der Waals surface area contributed by atoms with E-state index in [9.17, 15) is 0 Å². The van der Waals surface area contributed by atoms with Crippen LogP contribution < -0.4 is 15.8 Å². The highest BCUT2D eigenvalue weighted by atomic mass is 15.2. The average molecular weight is 853 g/mol. The van der Waals surface area contributed by atoms with Crippen LogP contribution >= 0.6 is 0 Å². The maximum absolute atomic E-state index is 2.84. The van der Waals surface area contributed by atoms with Gasteiger partial charge < -0.3 is 9.38 Å². The van der Waals surface area contributed by atoms with Gasteiger partial charge in [0.25, 0.3) is 0 Å². The molecule has 0 bridgehead atoms. The first kappa shape index (κ1) is 41.4. The number of anilines is 3. The fourth-order valence-corrected chi connectivity index (χ4v) is 14.0. The van der Waals surface area contributed by atoms with Crippen molar-refractivity contribution < 1.29 is 0 Å². The van der Waals surface area contributed by atoms with Crippen LogP contribution in [0.15, 0.2) is 91.0 Å². The fourth-order valence-electron chi connectivity index (χ4n) is 14.0. The Hall–Kier alpha value is -5.02. The molecule has 0 fully saturated rings. The van der Waals surface area contributed by atoms with Crippen LogP contribution in [0.2, 0.25) is 0 Å². The number of hydrogen-bond acceptors (Lipinski definition) is 1. The number of rotatable bonds is 2. The first-order valence-electron chi connectivity index (χ1n) is 25.0. The van der Waals surface area contributed by atoms with Crippen molar-refractivity contribution in [3.63, 3.8) is 0 Å². The summed E-state index contributed by atoms with van der Waals surface area (Å²) < 4.78 is 2.84. The van der Waals surface area contributed by atoms with E-state index in [1.807, 2.05) is 0 Å². The minimum Gasteiger partial charge on any atom is -0.375 e. The third-order valence-corrected chi connectivity index (χ3v) is 18.4. The minimum absolute atomic E-state index is 0.00469. The zero-order valence-corrected chi connectivity index (χ0v) is 41.9. The lowest BCUT2D eigenvalue weighted by molar-refractivity contribution is 0.332. The van der Waals surface area contributed by atoms with Crippen LogP contribution in [0.3, 0.4) is 0 Å². The monoisotopic (exact) mass is 853 g/mol. The van der Waals surface area contributed by atoms with Crippen molar-refractivity contribution in [3.8, 4) is 22.3 Å². The van der Waals surface area contributed by atoms with Crippen molar-refractivity contribution in [3.05, 3.63) is 136 Å². The van der Waals surface area contributed by atoms with Crippen molar-refractivity contribution >= 4 is 56.6 Å². The van der Waals surface area contributed by atoms with Crippen LogP contribution in [0.1, 0.15) is 166 Å². The molecule has 7 aromatic rings. The molecule has 12 rings (SSSR count). The summed E-state index contributed by atoms with van der Waals surface area (Å²) in [5.41, 5.74) is 27.3. The van der Waals surface area contributed by atoms with E-state index in [4.69, 9.17) is 0 Å². The summed E-state index contributed by atoms with van der Waals surface area (Å²) in [6.45, 7) is 34.4. The highest BCUT2D eigenvalue weighted by molar-refractivity contribution is 6.90. The second-order valence-corrected chi connectivity index (χ2v) is 25.4. The van der Waals surface area contributed by atoms with Gasteiger partial charge in [0.05, 0.1) is 0 Å². The average Bonchev–Trinajstić information content (AvgIpc) is 3.57. The van der Waals surface area contributed by atoms with Crippen molar-refractivity contribution in [1.82, 2.24) is 4.48 Å².